The van der Waals surface area contributed by atoms with Crippen LogP contribution in [0.1, 0.15) is 30.7 Å². The second-order valence-electron chi connectivity index (χ2n) is 5.31. The number of nitrogens with two attached hydrogens (primary N) is 1. The number of rotatable bonds is 9. The van der Waals surface area contributed by atoms with Crippen LogP contribution in [0.4, 0.5) is 5.69 Å². The number of anilines is 1. The second-order valence-corrected chi connectivity index (χ2v) is 6.64. The Morgan fingerprint density at radius 2 is 2.17 bits per heavy atom. The van der Waals surface area contributed by atoms with Crippen LogP contribution in [0, 0.1) is 6.92 Å². The Morgan fingerprint density at radius 1 is 1.33 bits per heavy atom. The maximum Gasteiger partial charge on any atom is 0.277 e. The minimum absolute atomic E-state index is 0.145. The Kier molecular flexibility index (Phi) is 7.55. The summed E-state index contributed by atoms with van der Waals surface area (Å²) in [7, 11) is 0. The SMILES string of the molecule is Cc1c(Cl)cccc1NC(=O)CSc1nnc(CCCCCN)o1. The Labute approximate surface area is 150 Å². The van der Waals surface area contributed by atoms with Crippen molar-refractivity contribution < 1.29 is 9.21 Å². The lowest BCUT2D eigenvalue weighted by Gasteiger charge is -2.08. The molecule has 0 aliphatic heterocycles. The van der Waals surface area contributed by atoms with Crippen LogP contribution in [0.15, 0.2) is 27.8 Å². The average molecular weight is 369 g/mol. The number of benzene rings is 1. The number of thioether (sulfide) groups is 1. The van der Waals surface area contributed by atoms with Gasteiger partial charge in [-0.1, -0.05) is 35.9 Å². The van der Waals surface area contributed by atoms with Crippen molar-refractivity contribution in [3.63, 3.8) is 0 Å². The molecule has 8 heteroatoms. The fourth-order valence-corrected chi connectivity index (χ4v) is 2.81. The Hall–Kier alpha value is -1.57. The number of hydrogen-bond acceptors (Lipinski definition) is 6. The van der Waals surface area contributed by atoms with Gasteiger partial charge in [-0.2, -0.15) is 0 Å². The predicted molar refractivity (Wildman–Crippen MR) is 96.5 cm³/mol. The molecule has 0 spiro atoms. The molecule has 0 fully saturated rings. The summed E-state index contributed by atoms with van der Waals surface area (Å²) in [6.07, 6.45) is 3.75. The highest BCUT2D eigenvalue weighted by Crippen LogP contribution is 2.23. The summed E-state index contributed by atoms with van der Waals surface area (Å²) in [6.45, 7) is 2.56. The number of aryl methyl sites for hydroxylation is 1. The Balaban J connectivity index is 1.77. The molecule has 0 unspecified atom stereocenters. The molecule has 1 aromatic carbocycles. The van der Waals surface area contributed by atoms with E-state index in [1.807, 2.05) is 13.0 Å². The molecule has 2 rings (SSSR count). The first-order valence-corrected chi connectivity index (χ1v) is 9.16. The molecule has 130 valence electrons. The summed E-state index contributed by atoms with van der Waals surface area (Å²) < 4.78 is 5.52. The third-order valence-electron chi connectivity index (χ3n) is 3.41. The van der Waals surface area contributed by atoms with Crippen LogP contribution in [0.3, 0.4) is 0 Å². The summed E-state index contributed by atoms with van der Waals surface area (Å²) in [5.41, 5.74) is 7.00. The van der Waals surface area contributed by atoms with E-state index in [4.69, 9.17) is 21.8 Å². The van der Waals surface area contributed by atoms with Crippen LogP contribution in [0.25, 0.3) is 0 Å². The van der Waals surface area contributed by atoms with Gasteiger partial charge in [-0.3, -0.25) is 4.79 Å². The first-order valence-electron chi connectivity index (χ1n) is 7.80. The van der Waals surface area contributed by atoms with Crippen molar-refractivity contribution in [3.05, 3.63) is 34.7 Å². The van der Waals surface area contributed by atoms with E-state index in [0.29, 0.717) is 28.4 Å². The number of carbonyl (C=O) groups excluding carboxylic acids is 1. The first kappa shape index (κ1) is 18.8. The lowest BCUT2D eigenvalue weighted by atomic mass is 10.2. The molecule has 1 amide bonds. The molecule has 0 aliphatic carbocycles. The van der Waals surface area contributed by atoms with E-state index in [0.717, 1.165) is 31.2 Å². The summed E-state index contributed by atoms with van der Waals surface area (Å²) in [5.74, 6) is 0.648. The Morgan fingerprint density at radius 3 is 2.96 bits per heavy atom. The molecule has 1 aromatic heterocycles. The van der Waals surface area contributed by atoms with Gasteiger partial charge in [-0.15, -0.1) is 10.2 Å². The average Bonchev–Trinajstić information content (AvgIpc) is 3.02. The molecular formula is C16H21ClN4O2S. The number of amides is 1. The molecule has 3 N–H and O–H groups in total. The van der Waals surface area contributed by atoms with Gasteiger partial charge in [0.25, 0.3) is 5.22 Å². The number of nitrogens with zero attached hydrogens (tertiary/aromatic N) is 2. The number of hydrogen-bond donors (Lipinski definition) is 2. The van der Waals surface area contributed by atoms with Gasteiger partial charge >= 0.3 is 0 Å². The van der Waals surface area contributed by atoms with Crippen molar-refractivity contribution in [1.29, 1.82) is 0 Å². The molecule has 1 heterocycles. The number of halogens is 1. The minimum Gasteiger partial charge on any atom is -0.416 e. The van der Waals surface area contributed by atoms with Gasteiger partial charge in [0.1, 0.15) is 0 Å². The summed E-state index contributed by atoms with van der Waals surface area (Å²) in [4.78, 5) is 12.0. The first-order chi connectivity index (χ1) is 11.6. The normalized spacial score (nSPS) is 10.8. The highest BCUT2D eigenvalue weighted by Gasteiger charge is 2.11. The van der Waals surface area contributed by atoms with Crippen molar-refractivity contribution in [2.75, 3.05) is 17.6 Å². The van der Waals surface area contributed by atoms with Crippen molar-refractivity contribution in [3.8, 4) is 0 Å². The van der Waals surface area contributed by atoms with Crippen molar-refractivity contribution in [2.45, 2.75) is 37.8 Å². The standard InChI is InChI=1S/C16H21ClN4O2S/c1-11-12(17)6-5-7-13(11)19-14(22)10-24-16-21-20-15(23-16)8-3-2-4-9-18/h5-7H,2-4,8-10,18H2,1H3,(H,19,22). The predicted octanol–water partition coefficient (Wildman–Crippen LogP) is 3.43. The van der Waals surface area contributed by atoms with Gasteiger partial charge in [0.15, 0.2) is 0 Å². The topological polar surface area (TPSA) is 94.0 Å². The number of unbranched alkanes of at least 4 members (excludes halogenated alkanes) is 2. The lowest BCUT2D eigenvalue weighted by molar-refractivity contribution is -0.113. The van der Waals surface area contributed by atoms with Gasteiger partial charge in [-0.05, 0) is 44.0 Å². The lowest BCUT2D eigenvalue weighted by Crippen LogP contribution is -2.14. The van der Waals surface area contributed by atoms with Crippen molar-refractivity contribution in [2.24, 2.45) is 5.73 Å². The van der Waals surface area contributed by atoms with E-state index in [1.54, 1.807) is 12.1 Å². The molecule has 0 radical (unpaired) electrons. The molecule has 0 saturated heterocycles. The molecule has 0 aliphatic rings. The van der Waals surface area contributed by atoms with E-state index in [9.17, 15) is 4.79 Å². The second kappa shape index (κ2) is 9.66. The van der Waals surface area contributed by atoms with Crippen LogP contribution < -0.4 is 11.1 Å². The van der Waals surface area contributed by atoms with Crippen molar-refractivity contribution >= 4 is 35.0 Å². The van der Waals surface area contributed by atoms with Gasteiger partial charge in [-0.25, -0.2) is 0 Å². The third-order valence-corrected chi connectivity index (χ3v) is 4.64. The fourth-order valence-electron chi connectivity index (χ4n) is 2.05. The van der Waals surface area contributed by atoms with E-state index < -0.39 is 0 Å². The highest BCUT2D eigenvalue weighted by atomic mass is 35.5. The van der Waals surface area contributed by atoms with E-state index in [-0.39, 0.29) is 11.7 Å². The largest absolute Gasteiger partial charge is 0.416 e. The van der Waals surface area contributed by atoms with Crippen molar-refractivity contribution in [1.82, 2.24) is 10.2 Å². The highest BCUT2D eigenvalue weighted by molar-refractivity contribution is 7.99. The fraction of sp³-hybridized carbons (Fsp3) is 0.438. The number of aromatic nitrogens is 2. The zero-order valence-electron chi connectivity index (χ0n) is 13.5. The van der Waals surface area contributed by atoms with E-state index in [2.05, 4.69) is 15.5 Å². The smallest absolute Gasteiger partial charge is 0.277 e. The molecule has 2 aromatic rings. The molecular weight excluding hydrogens is 348 g/mol. The van der Waals surface area contributed by atoms with Crippen LogP contribution in [-0.2, 0) is 11.2 Å². The van der Waals surface area contributed by atoms with Crippen LogP contribution in [-0.4, -0.2) is 28.4 Å². The van der Waals surface area contributed by atoms with Gasteiger partial charge in [0, 0.05) is 17.1 Å². The quantitative estimate of drug-likeness (QED) is 0.520. The van der Waals surface area contributed by atoms with Crippen LogP contribution in [0.2, 0.25) is 5.02 Å². The van der Waals surface area contributed by atoms with Gasteiger partial charge in [0.05, 0.1) is 5.75 Å². The Bertz CT molecular complexity index is 678. The summed E-state index contributed by atoms with van der Waals surface area (Å²) in [6, 6.07) is 5.40. The number of nitrogens with one attached hydrogen (secondary N) is 1. The van der Waals surface area contributed by atoms with E-state index >= 15 is 0 Å². The monoisotopic (exact) mass is 368 g/mol. The maximum absolute atomic E-state index is 12.0. The number of carbonyl (C=O) groups is 1. The summed E-state index contributed by atoms with van der Waals surface area (Å²) >= 11 is 7.25. The molecule has 0 bridgehead atoms. The van der Waals surface area contributed by atoms with Crippen LogP contribution >= 0.6 is 23.4 Å². The van der Waals surface area contributed by atoms with Crippen LogP contribution in [0.5, 0.6) is 0 Å². The third kappa shape index (κ3) is 5.81. The zero-order valence-corrected chi connectivity index (χ0v) is 15.1. The molecule has 0 atom stereocenters. The van der Waals surface area contributed by atoms with Gasteiger partial charge in [0.2, 0.25) is 11.8 Å². The molecule has 0 saturated carbocycles. The minimum atomic E-state index is -0.145. The molecule has 6 nitrogen and oxygen atoms in total. The van der Waals surface area contributed by atoms with E-state index in [1.165, 1.54) is 11.8 Å². The maximum atomic E-state index is 12.0. The zero-order chi connectivity index (χ0) is 17.4. The molecule has 24 heavy (non-hydrogen) atoms. The summed E-state index contributed by atoms with van der Waals surface area (Å²) in [5, 5.41) is 11.8. The van der Waals surface area contributed by atoms with Gasteiger partial charge < -0.3 is 15.5 Å².